The first-order valence-electron chi connectivity index (χ1n) is 5.47. The number of phenols is 1. The van der Waals surface area contributed by atoms with Crippen LogP contribution in [0.5, 0.6) is 11.5 Å². The lowest BCUT2D eigenvalue weighted by Gasteiger charge is -2.12. The quantitative estimate of drug-likeness (QED) is 0.833. The van der Waals surface area contributed by atoms with Crippen LogP contribution in [0, 0.1) is 6.92 Å². The molecule has 1 rings (SSSR count). The third kappa shape index (κ3) is 2.75. The number of benzene rings is 1. The van der Waals surface area contributed by atoms with Crippen molar-refractivity contribution in [3.8, 4) is 11.5 Å². The van der Waals surface area contributed by atoms with Crippen LogP contribution in [0.15, 0.2) is 12.1 Å². The number of hydrogen-bond acceptors (Lipinski definition) is 3. The molecule has 0 heterocycles. The highest BCUT2D eigenvalue weighted by Gasteiger charge is 2.10. The van der Waals surface area contributed by atoms with E-state index in [0.717, 1.165) is 11.1 Å². The van der Waals surface area contributed by atoms with E-state index in [-0.39, 0.29) is 11.5 Å². The third-order valence-corrected chi connectivity index (χ3v) is 2.73. The summed E-state index contributed by atoms with van der Waals surface area (Å²) >= 11 is 0. The number of hydrogen-bond donors (Lipinski definition) is 1. The Balaban J connectivity index is 2.88. The third-order valence-electron chi connectivity index (χ3n) is 2.73. The minimum absolute atomic E-state index is 0.224. The summed E-state index contributed by atoms with van der Waals surface area (Å²) in [7, 11) is 1.58. The lowest BCUT2D eigenvalue weighted by Crippen LogP contribution is -2.00. The van der Waals surface area contributed by atoms with Gasteiger partial charge in [0.2, 0.25) is 0 Å². The predicted octanol–water partition coefficient (Wildman–Crippen LogP) is 2.62. The van der Waals surface area contributed by atoms with Crippen LogP contribution in [-0.2, 0) is 11.2 Å². The number of rotatable bonds is 5. The van der Waals surface area contributed by atoms with Gasteiger partial charge < -0.3 is 9.84 Å². The summed E-state index contributed by atoms with van der Waals surface area (Å²) in [6.07, 6.45) is 1.76. The van der Waals surface area contributed by atoms with Gasteiger partial charge in [-0.05, 0) is 25.0 Å². The summed E-state index contributed by atoms with van der Waals surface area (Å²) in [5, 5.41) is 9.53. The smallest absolute Gasteiger partial charge is 0.132 e. The monoisotopic (exact) mass is 222 g/mol. The van der Waals surface area contributed by atoms with E-state index in [1.807, 2.05) is 13.0 Å². The van der Waals surface area contributed by atoms with E-state index in [0.29, 0.717) is 25.0 Å². The molecule has 1 aromatic carbocycles. The van der Waals surface area contributed by atoms with Crippen LogP contribution in [0.2, 0.25) is 0 Å². The first kappa shape index (κ1) is 12.6. The zero-order valence-electron chi connectivity index (χ0n) is 10.0. The molecule has 0 aliphatic rings. The average Bonchev–Trinajstić information content (AvgIpc) is 2.30. The van der Waals surface area contributed by atoms with Gasteiger partial charge in [-0.25, -0.2) is 0 Å². The average molecular weight is 222 g/mol. The van der Waals surface area contributed by atoms with E-state index in [9.17, 15) is 9.90 Å². The summed E-state index contributed by atoms with van der Waals surface area (Å²) in [5.74, 6) is 1.15. The highest BCUT2D eigenvalue weighted by molar-refractivity contribution is 5.78. The maximum atomic E-state index is 11.2. The Morgan fingerprint density at radius 1 is 1.44 bits per heavy atom. The maximum absolute atomic E-state index is 11.2. The van der Waals surface area contributed by atoms with Crippen molar-refractivity contribution >= 4 is 5.78 Å². The van der Waals surface area contributed by atoms with E-state index in [4.69, 9.17) is 4.74 Å². The Morgan fingerprint density at radius 2 is 2.12 bits per heavy atom. The Morgan fingerprint density at radius 3 is 2.69 bits per heavy atom. The number of aryl methyl sites for hydroxylation is 1. The SMILES string of the molecule is CCC(=O)CCc1ccc(O)c(C)c1OC. The fraction of sp³-hybridized carbons (Fsp3) is 0.462. The van der Waals surface area contributed by atoms with Gasteiger partial charge in [0.25, 0.3) is 0 Å². The van der Waals surface area contributed by atoms with Gasteiger partial charge in [-0.1, -0.05) is 13.0 Å². The lowest BCUT2D eigenvalue weighted by molar-refractivity contribution is -0.118. The Hall–Kier alpha value is -1.51. The first-order valence-corrected chi connectivity index (χ1v) is 5.47. The number of ether oxygens (including phenoxy) is 1. The van der Waals surface area contributed by atoms with Crippen LogP contribution in [0.4, 0.5) is 0 Å². The van der Waals surface area contributed by atoms with Crippen LogP contribution in [0.1, 0.15) is 30.9 Å². The fourth-order valence-electron chi connectivity index (χ4n) is 1.67. The molecule has 3 nitrogen and oxygen atoms in total. The molecule has 0 aliphatic carbocycles. The second-order valence-electron chi connectivity index (χ2n) is 3.79. The molecular weight excluding hydrogens is 204 g/mol. The van der Waals surface area contributed by atoms with Crippen molar-refractivity contribution in [2.24, 2.45) is 0 Å². The van der Waals surface area contributed by atoms with Crippen LogP contribution >= 0.6 is 0 Å². The normalized spacial score (nSPS) is 10.2. The van der Waals surface area contributed by atoms with Crippen molar-refractivity contribution in [1.29, 1.82) is 0 Å². The van der Waals surface area contributed by atoms with E-state index in [2.05, 4.69) is 0 Å². The Bertz CT molecular complexity index is 383. The minimum atomic E-state index is 0.224. The molecule has 0 aromatic heterocycles. The van der Waals surface area contributed by atoms with Crippen molar-refractivity contribution in [3.05, 3.63) is 23.3 Å². The molecule has 0 saturated heterocycles. The van der Waals surface area contributed by atoms with Gasteiger partial charge in [0.15, 0.2) is 0 Å². The summed E-state index contributed by atoms with van der Waals surface area (Å²) in [5.41, 5.74) is 1.70. The van der Waals surface area contributed by atoms with Crippen molar-refractivity contribution < 1.29 is 14.6 Å². The number of aromatic hydroxyl groups is 1. The Kier molecular flexibility index (Phi) is 4.35. The van der Waals surface area contributed by atoms with Gasteiger partial charge >= 0.3 is 0 Å². The number of methoxy groups -OCH3 is 1. The fourth-order valence-corrected chi connectivity index (χ4v) is 1.67. The zero-order chi connectivity index (χ0) is 12.1. The van der Waals surface area contributed by atoms with Crippen molar-refractivity contribution in [2.75, 3.05) is 7.11 Å². The molecule has 0 radical (unpaired) electrons. The standard InChI is InChI=1S/C13H18O3/c1-4-11(14)7-5-10-6-8-12(15)9(2)13(10)16-3/h6,8,15H,4-5,7H2,1-3H3. The van der Waals surface area contributed by atoms with E-state index < -0.39 is 0 Å². The van der Waals surface area contributed by atoms with Gasteiger partial charge in [0.05, 0.1) is 7.11 Å². The molecule has 16 heavy (non-hydrogen) atoms. The van der Waals surface area contributed by atoms with Crippen LogP contribution in [0.3, 0.4) is 0 Å². The maximum Gasteiger partial charge on any atom is 0.132 e. The number of carbonyl (C=O) groups excluding carboxylic acids is 1. The van der Waals surface area contributed by atoms with Crippen molar-refractivity contribution in [2.45, 2.75) is 33.1 Å². The molecule has 0 aliphatic heterocycles. The molecule has 3 heteroatoms. The first-order chi connectivity index (χ1) is 7.60. The minimum Gasteiger partial charge on any atom is -0.508 e. The molecule has 1 N–H and O–H groups in total. The van der Waals surface area contributed by atoms with Gasteiger partial charge in [-0.2, -0.15) is 0 Å². The number of Topliss-reactive ketones (excluding diaryl/α,β-unsaturated/α-hetero) is 1. The summed E-state index contributed by atoms with van der Waals surface area (Å²) in [6.45, 7) is 3.67. The molecule has 88 valence electrons. The topological polar surface area (TPSA) is 46.5 Å². The summed E-state index contributed by atoms with van der Waals surface area (Å²) in [4.78, 5) is 11.2. The van der Waals surface area contributed by atoms with Crippen molar-refractivity contribution in [3.63, 3.8) is 0 Å². The summed E-state index contributed by atoms with van der Waals surface area (Å²) < 4.78 is 5.25. The molecule has 0 fully saturated rings. The molecule has 0 amide bonds. The second kappa shape index (κ2) is 5.54. The lowest BCUT2D eigenvalue weighted by atomic mass is 10.0. The van der Waals surface area contributed by atoms with Gasteiger partial charge in [0.1, 0.15) is 17.3 Å². The second-order valence-corrected chi connectivity index (χ2v) is 3.79. The zero-order valence-corrected chi connectivity index (χ0v) is 10.0. The summed E-state index contributed by atoms with van der Waals surface area (Å²) in [6, 6.07) is 3.45. The largest absolute Gasteiger partial charge is 0.508 e. The van der Waals surface area contributed by atoms with E-state index >= 15 is 0 Å². The predicted molar refractivity (Wildman–Crippen MR) is 63.0 cm³/mol. The van der Waals surface area contributed by atoms with Gasteiger partial charge in [-0.15, -0.1) is 0 Å². The molecule has 0 bridgehead atoms. The number of ketones is 1. The van der Waals surface area contributed by atoms with Crippen molar-refractivity contribution in [1.82, 2.24) is 0 Å². The van der Waals surface area contributed by atoms with Crippen LogP contribution < -0.4 is 4.74 Å². The van der Waals surface area contributed by atoms with Gasteiger partial charge in [0, 0.05) is 18.4 Å². The molecule has 0 atom stereocenters. The van der Waals surface area contributed by atoms with E-state index in [1.54, 1.807) is 20.1 Å². The van der Waals surface area contributed by atoms with E-state index in [1.165, 1.54) is 0 Å². The number of phenolic OH excluding ortho intramolecular Hbond substituents is 1. The Labute approximate surface area is 96.1 Å². The highest BCUT2D eigenvalue weighted by Crippen LogP contribution is 2.31. The van der Waals surface area contributed by atoms with Crippen LogP contribution in [0.25, 0.3) is 0 Å². The number of carbonyl (C=O) groups is 1. The highest BCUT2D eigenvalue weighted by atomic mass is 16.5. The van der Waals surface area contributed by atoms with Crippen LogP contribution in [-0.4, -0.2) is 18.0 Å². The molecule has 1 aromatic rings. The molecule has 0 spiro atoms. The molecular formula is C13H18O3. The molecule has 0 unspecified atom stereocenters. The van der Waals surface area contributed by atoms with Gasteiger partial charge in [-0.3, -0.25) is 4.79 Å². The molecule has 0 saturated carbocycles.